The molecule has 1 atom stereocenters. The molecule has 21 heavy (non-hydrogen) atoms. The highest BCUT2D eigenvalue weighted by atomic mass is 35.5. The van der Waals surface area contributed by atoms with E-state index >= 15 is 0 Å². The summed E-state index contributed by atoms with van der Waals surface area (Å²) in [6.45, 7) is 3.87. The van der Waals surface area contributed by atoms with Crippen molar-refractivity contribution in [3.8, 4) is 5.75 Å². The molecule has 0 aliphatic rings. The van der Waals surface area contributed by atoms with Crippen LogP contribution in [0.1, 0.15) is 23.4 Å². The van der Waals surface area contributed by atoms with Crippen molar-refractivity contribution in [3.63, 3.8) is 0 Å². The molecule has 0 saturated carbocycles. The van der Waals surface area contributed by atoms with Crippen LogP contribution in [0.3, 0.4) is 0 Å². The van der Waals surface area contributed by atoms with Crippen molar-refractivity contribution in [2.45, 2.75) is 19.9 Å². The number of carbonyl (C=O) groups is 1. The van der Waals surface area contributed by atoms with Gasteiger partial charge in [0.15, 0.2) is 0 Å². The average molecular weight is 325 g/mol. The molecule has 1 aromatic carbocycles. The van der Waals surface area contributed by atoms with Gasteiger partial charge < -0.3 is 15.4 Å². The van der Waals surface area contributed by atoms with Crippen LogP contribution in [0, 0.1) is 6.92 Å². The van der Waals surface area contributed by atoms with E-state index in [4.69, 9.17) is 16.3 Å². The molecule has 6 heteroatoms. The normalized spacial score (nSPS) is 11.8. The van der Waals surface area contributed by atoms with Crippen LogP contribution in [0.15, 0.2) is 30.3 Å². The Kier molecular flexibility index (Phi) is 5.09. The Morgan fingerprint density at radius 1 is 1.33 bits per heavy atom. The number of anilines is 1. The van der Waals surface area contributed by atoms with E-state index in [9.17, 15) is 4.79 Å². The molecule has 2 amide bonds. The number of carbonyl (C=O) groups excluding carboxylic acids is 1. The van der Waals surface area contributed by atoms with E-state index in [2.05, 4.69) is 10.6 Å². The van der Waals surface area contributed by atoms with Gasteiger partial charge in [0.2, 0.25) is 0 Å². The van der Waals surface area contributed by atoms with Crippen molar-refractivity contribution >= 4 is 34.7 Å². The fourth-order valence-electron chi connectivity index (χ4n) is 1.91. The molecule has 2 N–H and O–H groups in total. The predicted molar refractivity (Wildman–Crippen MR) is 87.6 cm³/mol. The van der Waals surface area contributed by atoms with Crippen LogP contribution in [0.4, 0.5) is 10.5 Å². The first-order chi connectivity index (χ1) is 9.99. The third-order valence-corrected chi connectivity index (χ3v) is 4.39. The number of aryl methyl sites for hydroxylation is 1. The van der Waals surface area contributed by atoms with E-state index in [-0.39, 0.29) is 12.1 Å². The molecule has 0 aliphatic heterocycles. The van der Waals surface area contributed by atoms with Gasteiger partial charge in [0.1, 0.15) is 5.75 Å². The standard InChI is InChI=1S/C15H17ClN2O2S/c1-9-4-5-12(20-3)11(8-9)18-15(19)17-10(2)13-6-7-14(16)21-13/h4-8,10H,1-3H3,(H2,17,18,19)/t10-/m1/s1. The first kappa shape index (κ1) is 15.7. The molecule has 2 aromatic rings. The first-order valence-electron chi connectivity index (χ1n) is 6.47. The third-order valence-electron chi connectivity index (χ3n) is 2.97. The molecule has 0 fully saturated rings. The maximum absolute atomic E-state index is 12.1. The summed E-state index contributed by atoms with van der Waals surface area (Å²) < 4.78 is 5.94. The van der Waals surface area contributed by atoms with E-state index in [1.165, 1.54) is 11.3 Å². The summed E-state index contributed by atoms with van der Waals surface area (Å²) in [6, 6.07) is 8.96. The van der Waals surface area contributed by atoms with Crippen LogP contribution in [0.25, 0.3) is 0 Å². The molecule has 2 rings (SSSR count). The zero-order chi connectivity index (χ0) is 15.4. The predicted octanol–water partition coefficient (Wildman–Crippen LogP) is 4.60. The molecule has 0 radical (unpaired) electrons. The van der Waals surface area contributed by atoms with Crippen molar-refractivity contribution in [2.24, 2.45) is 0 Å². The lowest BCUT2D eigenvalue weighted by molar-refractivity contribution is 0.249. The number of amides is 2. The average Bonchev–Trinajstić information content (AvgIpc) is 2.85. The number of hydrogen-bond donors (Lipinski definition) is 2. The van der Waals surface area contributed by atoms with Gasteiger partial charge in [-0.2, -0.15) is 0 Å². The Bertz CT molecular complexity index is 642. The SMILES string of the molecule is COc1ccc(C)cc1NC(=O)N[C@H](C)c1ccc(Cl)s1. The van der Waals surface area contributed by atoms with Gasteiger partial charge in [-0.25, -0.2) is 4.79 Å². The van der Waals surface area contributed by atoms with Gasteiger partial charge in [-0.15, -0.1) is 11.3 Å². The Balaban J connectivity index is 2.03. The summed E-state index contributed by atoms with van der Waals surface area (Å²) in [4.78, 5) is 13.1. The fraction of sp³-hybridized carbons (Fsp3) is 0.267. The second-order valence-electron chi connectivity index (χ2n) is 4.67. The topological polar surface area (TPSA) is 50.4 Å². The molecule has 0 saturated heterocycles. The van der Waals surface area contributed by atoms with E-state index in [1.54, 1.807) is 7.11 Å². The second-order valence-corrected chi connectivity index (χ2v) is 6.41. The number of rotatable bonds is 4. The number of benzene rings is 1. The Labute approximate surface area is 133 Å². The highest BCUT2D eigenvalue weighted by molar-refractivity contribution is 7.16. The van der Waals surface area contributed by atoms with Crippen molar-refractivity contribution in [3.05, 3.63) is 45.1 Å². The largest absolute Gasteiger partial charge is 0.495 e. The minimum atomic E-state index is -0.282. The molecule has 0 spiro atoms. The Hall–Kier alpha value is -1.72. The summed E-state index contributed by atoms with van der Waals surface area (Å²) >= 11 is 7.35. The van der Waals surface area contributed by atoms with Crippen molar-refractivity contribution in [2.75, 3.05) is 12.4 Å². The van der Waals surface area contributed by atoms with Crippen molar-refractivity contribution < 1.29 is 9.53 Å². The van der Waals surface area contributed by atoms with Gasteiger partial charge in [-0.3, -0.25) is 0 Å². The lowest BCUT2D eigenvalue weighted by atomic mass is 10.2. The highest BCUT2D eigenvalue weighted by Crippen LogP contribution is 2.27. The van der Waals surface area contributed by atoms with Crippen LogP contribution in [0.2, 0.25) is 4.34 Å². The Morgan fingerprint density at radius 2 is 2.10 bits per heavy atom. The molecular formula is C15H17ClN2O2S. The van der Waals surface area contributed by atoms with Gasteiger partial charge in [0.25, 0.3) is 0 Å². The molecule has 1 heterocycles. The van der Waals surface area contributed by atoms with Gasteiger partial charge in [-0.05, 0) is 43.7 Å². The third kappa shape index (κ3) is 4.12. The summed E-state index contributed by atoms with van der Waals surface area (Å²) in [7, 11) is 1.57. The number of thiophene rings is 1. The number of urea groups is 1. The quantitative estimate of drug-likeness (QED) is 0.863. The lowest BCUT2D eigenvalue weighted by Crippen LogP contribution is -2.30. The summed E-state index contributed by atoms with van der Waals surface area (Å²) in [5.41, 5.74) is 1.69. The van der Waals surface area contributed by atoms with E-state index in [0.29, 0.717) is 15.8 Å². The van der Waals surface area contributed by atoms with Gasteiger partial charge >= 0.3 is 6.03 Å². The minimum Gasteiger partial charge on any atom is -0.495 e. The molecule has 1 aromatic heterocycles. The molecule has 0 unspecified atom stereocenters. The number of methoxy groups -OCH3 is 1. The maximum atomic E-state index is 12.1. The van der Waals surface area contributed by atoms with Crippen molar-refractivity contribution in [1.29, 1.82) is 0 Å². The van der Waals surface area contributed by atoms with Crippen molar-refractivity contribution in [1.82, 2.24) is 5.32 Å². The van der Waals surface area contributed by atoms with Gasteiger partial charge in [0.05, 0.1) is 23.2 Å². The van der Waals surface area contributed by atoms with Crippen LogP contribution < -0.4 is 15.4 Å². The molecule has 112 valence electrons. The van der Waals surface area contributed by atoms with Crippen LogP contribution in [0.5, 0.6) is 5.75 Å². The number of ether oxygens (including phenoxy) is 1. The Morgan fingerprint density at radius 3 is 2.71 bits per heavy atom. The molecule has 0 aliphatic carbocycles. The zero-order valence-corrected chi connectivity index (χ0v) is 13.6. The smallest absolute Gasteiger partial charge is 0.319 e. The minimum absolute atomic E-state index is 0.113. The number of halogens is 1. The summed E-state index contributed by atoms with van der Waals surface area (Å²) in [5, 5.41) is 5.68. The molecular weight excluding hydrogens is 308 g/mol. The van der Waals surface area contributed by atoms with Gasteiger partial charge in [0, 0.05) is 4.88 Å². The van der Waals surface area contributed by atoms with Crippen LogP contribution >= 0.6 is 22.9 Å². The van der Waals surface area contributed by atoms with E-state index in [1.807, 2.05) is 44.2 Å². The number of nitrogens with one attached hydrogen (secondary N) is 2. The van der Waals surface area contributed by atoms with Crippen LogP contribution in [-0.2, 0) is 0 Å². The van der Waals surface area contributed by atoms with Gasteiger partial charge in [-0.1, -0.05) is 17.7 Å². The highest BCUT2D eigenvalue weighted by Gasteiger charge is 2.13. The summed E-state index contributed by atoms with van der Waals surface area (Å²) in [5.74, 6) is 0.627. The van der Waals surface area contributed by atoms with E-state index < -0.39 is 0 Å². The van der Waals surface area contributed by atoms with E-state index in [0.717, 1.165) is 10.4 Å². The second kappa shape index (κ2) is 6.83. The summed E-state index contributed by atoms with van der Waals surface area (Å²) in [6.07, 6.45) is 0. The molecule has 4 nitrogen and oxygen atoms in total. The monoisotopic (exact) mass is 324 g/mol. The maximum Gasteiger partial charge on any atom is 0.319 e. The first-order valence-corrected chi connectivity index (χ1v) is 7.66. The lowest BCUT2D eigenvalue weighted by Gasteiger charge is -2.15. The zero-order valence-electron chi connectivity index (χ0n) is 12.1. The molecule has 0 bridgehead atoms. The fourth-order valence-corrected chi connectivity index (χ4v) is 2.97. The number of hydrogen-bond acceptors (Lipinski definition) is 3. The van der Waals surface area contributed by atoms with Crippen LogP contribution in [-0.4, -0.2) is 13.1 Å².